The Balaban J connectivity index is 0.000000122. The molecule has 0 fully saturated rings. The highest BCUT2D eigenvalue weighted by molar-refractivity contribution is 6.12. The van der Waals surface area contributed by atoms with Crippen molar-refractivity contribution in [1.82, 2.24) is 58.0 Å². The van der Waals surface area contributed by atoms with Crippen LogP contribution in [0.2, 0.25) is 0 Å². The van der Waals surface area contributed by atoms with Gasteiger partial charge in [0.15, 0.2) is 34.9 Å². The van der Waals surface area contributed by atoms with E-state index in [1.165, 1.54) is 98.8 Å². The van der Waals surface area contributed by atoms with Gasteiger partial charge < -0.3 is 13.7 Å². The van der Waals surface area contributed by atoms with Gasteiger partial charge >= 0.3 is 0 Å². The molecular weight excluding hydrogens is 1510 g/mol. The van der Waals surface area contributed by atoms with E-state index in [-0.39, 0.29) is 0 Å². The SMILES string of the molecule is CC(C)c1ccc2c(c1)c1cc(C(C)C)ccc1n2-c1ccc(-n2c(-c3ccccc3)nnc2-c2ccccc2)cc1.CCCc1ccc2c(c1)c1cc(CCC)ccc1n2-c1ccc(-n2c(-c3ccccc3)nnc2-c2ccccc2)cc1.CCc1ccc2c(c1)c1cc(CC)ccc1n2-c1ccc(-n2c(-c3ccccc3)nnc2-c2ccccc2)cc1. The van der Waals surface area contributed by atoms with Crippen LogP contribution in [0.3, 0.4) is 0 Å². The standard InChI is InChI=1S/2C38H34N4.C36H30N4/c1-25(2)29-15-21-35-33(23-29)34-24-30(26(3)4)16-22-36(34)41(35)31-17-19-32(20-18-31)42-37(27-11-7-5-8-12-27)39-40-38(42)28-13-9-6-10-14-28;1-3-11-27-17-23-35-33(25-27)34-26-28(12-4-2)18-24-36(34)41(35)31-19-21-32(22-20-31)42-37(29-13-7-5-8-14-29)39-40-38(42)30-15-9-6-10-16-30;1-3-25-15-21-33-31(23-25)32-24-26(4-2)16-22-34(32)39(33)29-17-19-30(20-18-29)40-35(27-11-7-5-8-12-27)37-38-36(40)28-13-9-6-10-14-28/h5-26H,1-4H3;5-10,13-26H,3-4,11-12H2,1-2H3;5-24H,3-4H2,1-2H3. The first-order valence-electron chi connectivity index (χ1n) is 43.7. The predicted molar refractivity (Wildman–Crippen MR) is 515 cm³/mol. The lowest BCUT2D eigenvalue weighted by molar-refractivity contribution is 0.868. The van der Waals surface area contributed by atoms with Gasteiger partial charge in [-0.25, -0.2) is 0 Å². The Hall–Kier alpha value is -14.9. The van der Waals surface area contributed by atoms with Gasteiger partial charge in [0.1, 0.15) is 0 Å². The van der Waals surface area contributed by atoms with Crippen molar-refractivity contribution in [1.29, 1.82) is 0 Å². The van der Waals surface area contributed by atoms with E-state index in [0.717, 1.165) is 141 Å². The molecule has 12 nitrogen and oxygen atoms in total. The second-order valence-electron chi connectivity index (χ2n) is 32.8. The maximum Gasteiger partial charge on any atom is 0.168 e. The molecule has 0 aliphatic rings. The Morgan fingerprint density at radius 1 is 0.202 bits per heavy atom. The number of fused-ring (bicyclic) bond motifs is 9. The van der Waals surface area contributed by atoms with Crippen molar-refractivity contribution < 1.29 is 0 Å². The lowest BCUT2D eigenvalue weighted by Gasteiger charge is -2.13. The maximum absolute atomic E-state index is 4.65. The molecule has 0 amide bonds. The largest absolute Gasteiger partial charge is 0.309 e. The van der Waals surface area contributed by atoms with Gasteiger partial charge in [0.2, 0.25) is 0 Å². The first-order valence-corrected chi connectivity index (χ1v) is 43.7. The summed E-state index contributed by atoms with van der Waals surface area (Å²) in [6, 6.07) is 130. The molecule has 0 atom stereocenters. The molecule has 0 saturated heterocycles. The molecule has 606 valence electrons. The highest BCUT2D eigenvalue weighted by Crippen LogP contribution is 2.42. The van der Waals surface area contributed by atoms with E-state index in [2.05, 4.69) is 368 Å². The van der Waals surface area contributed by atoms with E-state index in [0.29, 0.717) is 11.8 Å². The molecule has 0 radical (unpaired) electrons. The first-order chi connectivity index (χ1) is 61.0. The van der Waals surface area contributed by atoms with Crippen LogP contribution in [-0.4, -0.2) is 58.0 Å². The Kier molecular flexibility index (Phi) is 22.1. The van der Waals surface area contributed by atoms with Gasteiger partial charge in [-0.15, -0.1) is 30.6 Å². The van der Waals surface area contributed by atoms with Crippen molar-refractivity contribution in [2.45, 2.75) is 106 Å². The molecule has 0 bridgehead atoms. The van der Waals surface area contributed by atoms with Crippen LogP contribution < -0.4 is 0 Å². The monoisotopic (exact) mass is 1610 g/mol. The first kappa shape index (κ1) is 78.9. The molecule has 21 rings (SSSR count). The van der Waals surface area contributed by atoms with Gasteiger partial charge in [-0.2, -0.15) is 0 Å². The highest BCUT2D eigenvalue weighted by atomic mass is 15.3. The number of hydrogen-bond donors (Lipinski definition) is 0. The smallest absolute Gasteiger partial charge is 0.168 e. The summed E-state index contributed by atoms with van der Waals surface area (Å²) in [4.78, 5) is 0. The number of aromatic nitrogens is 12. The van der Waals surface area contributed by atoms with E-state index in [1.54, 1.807) is 0 Å². The second-order valence-corrected chi connectivity index (χ2v) is 32.8. The molecule has 0 N–H and O–H groups in total. The third-order valence-corrected chi connectivity index (χ3v) is 24.1. The molecule has 124 heavy (non-hydrogen) atoms. The van der Waals surface area contributed by atoms with Crippen molar-refractivity contribution in [3.8, 4) is 102 Å². The third kappa shape index (κ3) is 15.2. The Labute approximate surface area is 724 Å². The Morgan fingerprint density at radius 2 is 0.395 bits per heavy atom. The number of nitrogens with zero attached hydrogens (tertiary/aromatic N) is 12. The van der Waals surface area contributed by atoms with E-state index in [4.69, 9.17) is 0 Å². The normalized spacial score (nSPS) is 11.6. The molecule has 0 aliphatic heterocycles. The van der Waals surface area contributed by atoms with Crippen molar-refractivity contribution in [2.24, 2.45) is 0 Å². The molecular formula is C112H98N12. The van der Waals surface area contributed by atoms with Gasteiger partial charge in [-0.05, 0) is 216 Å². The molecule has 0 saturated carbocycles. The van der Waals surface area contributed by atoms with Gasteiger partial charge in [0.25, 0.3) is 0 Å². The van der Waals surface area contributed by atoms with Crippen LogP contribution in [0.4, 0.5) is 0 Å². The number of aryl methyl sites for hydroxylation is 4. The zero-order valence-corrected chi connectivity index (χ0v) is 71.4. The fourth-order valence-electron chi connectivity index (χ4n) is 17.7. The van der Waals surface area contributed by atoms with E-state index in [9.17, 15) is 0 Å². The van der Waals surface area contributed by atoms with E-state index in [1.807, 2.05) is 109 Å². The fourth-order valence-corrected chi connectivity index (χ4v) is 17.7. The molecule has 0 aliphatic carbocycles. The summed E-state index contributed by atoms with van der Waals surface area (Å²) >= 11 is 0. The van der Waals surface area contributed by atoms with Crippen molar-refractivity contribution in [3.63, 3.8) is 0 Å². The van der Waals surface area contributed by atoms with Gasteiger partial charge in [-0.1, -0.05) is 287 Å². The minimum absolute atomic E-state index is 0.474. The zero-order valence-electron chi connectivity index (χ0n) is 71.4. The summed E-state index contributed by atoms with van der Waals surface area (Å²) in [6.07, 6.45) is 6.53. The minimum atomic E-state index is 0.474. The summed E-state index contributed by atoms with van der Waals surface area (Å²) in [7, 11) is 0. The number of rotatable bonds is 20. The number of benzene rings is 15. The zero-order chi connectivity index (χ0) is 84.3. The average Bonchev–Trinajstić information content (AvgIpc) is 2.08. The van der Waals surface area contributed by atoms with E-state index >= 15 is 0 Å². The van der Waals surface area contributed by atoms with Gasteiger partial charge in [0, 0.05) is 99.8 Å². The van der Waals surface area contributed by atoms with Crippen molar-refractivity contribution >= 4 is 65.4 Å². The average molecular weight is 1610 g/mol. The molecule has 0 spiro atoms. The van der Waals surface area contributed by atoms with E-state index < -0.39 is 0 Å². The highest BCUT2D eigenvalue weighted by Gasteiger charge is 2.25. The van der Waals surface area contributed by atoms with Gasteiger partial charge in [0.05, 0.1) is 33.1 Å². The summed E-state index contributed by atoms with van der Waals surface area (Å²) in [5.41, 5.74) is 28.3. The molecule has 6 heterocycles. The molecule has 6 aromatic heterocycles. The molecule has 0 unspecified atom stereocenters. The quantitative estimate of drug-likeness (QED) is 0.0752. The lowest BCUT2D eigenvalue weighted by Crippen LogP contribution is -2.01. The maximum atomic E-state index is 4.65. The third-order valence-electron chi connectivity index (χ3n) is 24.1. The van der Waals surface area contributed by atoms with Crippen LogP contribution >= 0.6 is 0 Å². The summed E-state index contributed by atoms with van der Waals surface area (Å²) in [5.74, 6) is 5.88. The summed E-state index contributed by atoms with van der Waals surface area (Å²) < 4.78 is 13.7. The fraction of sp³-hybridized carbons (Fsp3) is 0.143. The van der Waals surface area contributed by atoms with Crippen LogP contribution in [0.15, 0.2) is 364 Å². The number of hydrogen-bond acceptors (Lipinski definition) is 6. The summed E-state index contributed by atoms with van der Waals surface area (Å²) in [6.45, 7) is 18.0. The van der Waals surface area contributed by atoms with Crippen LogP contribution in [0.5, 0.6) is 0 Å². The van der Waals surface area contributed by atoms with Gasteiger partial charge in [-0.3, -0.25) is 13.7 Å². The topological polar surface area (TPSA) is 107 Å². The molecule has 12 heteroatoms. The molecule has 15 aromatic carbocycles. The Morgan fingerprint density at radius 3 is 0.605 bits per heavy atom. The minimum Gasteiger partial charge on any atom is -0.309 e. The predicted octanol–water partition coefficient (Wildman–Crippen LogP) is 28.4. The molecule has 21 aromatic rings. The van der Waals surface area contributed by atoms with Crippen LogP contribution in [-0.2, 0) is 25.7 Å². The van der Waals surface area contributed by atoms with Crippen LogP contribution in [0, 0.1) is 0 Å². The Bertz CT molecular complexity index is 6980. The lowest BCUT2D eigenvalue weighted by atomic mass is 9.98. The van der Waals surface area contributed by atoms with Crippen LogP contribution in [0.25, 0.3) is 168 Å². The van der Waals surface area contributed by atoms with Crippen molar-refractivity contribution in [3.05, 3.63) is 397 Å². The van der Waals surface area contributed by atoms with Crippen molar-refractivity contribution in [2.75, 3.05) is 0 Å². The second kappa shape index (κ2) is 34.7. The van der Waals surface area contributed by atoms with Crippen LogP contribution in [0.1, 0.15) is 113 Å². The summed E-state index contributed by atoms with van der Waals surface area (Å²) in [5, 5.41) is 35.7.